The SMILES string of the molecule is O=C(NC1Cc2ccccc2C1)c1nccnc1NC(=O)N1CCCC(C(=O)O)C1. The van der Waals surface area contributed by atoms with Gasteiger partial charge in [0.15, 0.2) is 11.5 Å². The Morgan fingerprint density at radius 2 is 1.77 bits per heavy atom. The summed E-state index contributed by atoms with van der Waals surface area (Å²) in [5.74, 6) is -1.84. The number of anilines is 1. The standard InChI is InChI=1S/C21H23N5O4/c27-19(24-16-10-13-4-1-2-5-14(13)11-16)17-18(23-8-7-22-17)25-21(30)26-9-3-6-15(12-26)20(28)29/h1-2,4-5,7-8,15-16H,3,6,9-12H2,(H,24,27)(H,28,29)(H,23,25,30). The summed E-state index contributed by atoms with van der Waals surface area (Å²) < 4.78 is 0. The summed E-state index contributed by atoms with van der Waals surface area (Å²) in [7, 11) is 0. The molecule has 156 valence electrons. The van der Waals surface area contributed by atoms with Crippen molar-refractivity contribution in [3.05, 3.63) is 53.5 Å². The van der Waals surface area contributed by atoms with Crippen molar-refractivity contribution in [2.45, 2.75) is 31.7 Å². The van der Waals surface area contributed by atoms with Crippen molar-refractivity contribution in [1.82, 2.24) is 20.2 Å². The lowest BCUT2D eigenvalue weighted by Crippen LogP contribution is -2.44. The zero-order valence-corrected chi connectivity index (χ0v) is 16.4. The highest BCUT2D eigenvalue weighted by Gasteiger charge is 2.30. The van der Waals surface area contributed by atoms with Crippen molar-refractivity contribution in [2.24, 2.45) is 5.92 Å². The lowest BCUT2D eigenvalue weighted by Gasteiger charge is -2.30. The first-order chi connectivity index (χ1) is 14.5. The van der Waals surface area contributed by atoms with E-state index < -0.39 is 23.8 Å². The van der Waals surface area contributed by atoms with Crippen molar-refractivity contribution in [3.8, 4) is 0 Å². The maximum absolute atomic E-state index is 12.8. The molecule has 1 aromatic carbocycles. The van der Waals surface area contributed by atoms with E-state index in [9.17, 15) is 19.5 Å². The van der Waals surface area contributed by atoms with Crippen LogP contribution in [-0.2, 0) is 17.6 Å². The van der Waals surface area contributed by atoms with E-state index in [-0.39, 0.29) is 24.1 Å². The summed E-state index contributed by atoms with van der Waals surface area (Å²) in [4.78, 5) is 46.3. The van der Waals surface area contributed by atoms with Crippen molar-refractivity contribution in [3.63, 3.8) is 0 Å². The summed E-state index contributed by atoms with van der Waals surface area (Å²) >= 11 is 0. The average Bonchev–Trinajstić information content (AvgIpc) is 3.16. The molecule has 1 aliphatic carbocycles. The van der Waals surface area contributed by atoms with E-state index in [4.69, 9.17) is 0 Å². The van der Waals surface area contributed by atoms with Crippen LogP contribution in [0.25, 0.3) is 0 Å². The number of fused-ring (bicyclic) bond motifs is 1. The van der Waals surface area contributed by atoms with Crippen LogP contribution in [0.5, 0.6) is 0 Å². The zero-order valence-electron chi connectivity index (χ0n) is 16.4. The Bertz CT molecular complexity index is 954. The molecule has 9 nitrogen and oxygen atoms in total. The Morgan fingerprint density at radius 1 is 1.07 bits per heavy atom. The van der Waals surface area contributed by atoms with Crippen molar-refractivity contribution < 1.29 is 19.5 Å². The predicted molar refractivity (Wildman–Crippen MR) is 108 cm³/mol. The van der Waals surface area contributed by atoms with E-state index in [0.29, 0.717) is 19.4 Å². The van der Waals surface area contributed by atoms with Crippen LogP contribution >= 0.6 is 0 Å². The molecule has 1 unspecified atom stereocenters. The van der Waals surface area contributed by atoms with Crippen LogP contribution in [0.2, 0.25) is 0 Å². The van der Waals surface area contributed by atoms with E-state index in [1.807, 2.05) is 12.1 Å². The molecule has 2 aliphatic rings. The van der Waals surface area contributed by atoms with Gasteiger partial charge in [0.2, 0.25) is 0 Å². The summed E-state index contributed by atoms with van der Waals surface area (Å²) in [5, 5.41) is 14.8. The quantitative estimate of drug-likeness (QED) is 0.706. The highest BCUT2D eigenvalue weighted by molar-refractivity contribution is 6.01. The summed E-state index contributed by atoms with van der Waals surface area (Å²) in [5.41, 5.74) is 2.47. The number of rotatable bonds is 4. The number of amides is 3. The lowest BCUT2D eigenvalue weighted by molar-refractivity contribution is -0.143. The Hall–Kier alpha value is -3.49. The van der Waals surface area contributed by atoms with Crippen LogP contribution in [0.4, 0.5) is 10.6 Å². The molecule has 4 rings (SSSR count). The van der Waals surface area contributed by atoms with E-state index in [1.165, 1.54) is 28.4 Å². The molecule has 2 heterocycles. The van der Waals surface area contributed by atoms with Crippen LogP contribution in [0.3, 0.4) is 0 Å². The van der Waals surface area contributed by atoms with Crippen LogP contribution in [0, 0.1) is 5.92 Å². The van der Waals surface area contributed by atoms with Gasteiger partial charge in [-0.25, -0.2) is 14.8 Å². The molecule has 30 heavy (non-hydrogen) atoms. The number of urea groups is 1. The highest BCUT2D eigenvalue weighted by Crippen LogP contribution is 2.22. The molecule has 1 aliphatic heterocycles. The van der Waals surface area contributed by atoms with E-state index in [2.05, 4.69) is 32.7 Å². The number of hydrogen-bond donors (Lipinski definition) is 3. The molecular weight excluding hydrogens is 386 g/mol. The molecule has 1 aromatic heterocycles. The highest BCUT2D eigenvalue weighted by atomic mass is 16.4. The van der Waals surface area contributed by atoms with Crippen molar-refractivity contribution >= 4 is 23.7 Å². The minimum absolute atomic E-state index is 0.0357. The second-order valence-corrected chi connectivity index (χ2v) is 7.65. The van der Waals surface area contributed by atoms with E-state index in [1.54, 1.807) is 0 Å². The first-order valence-electron chi connectivity index (χ1n) is 9.98. The van der Waals surface area contributed by atoms with Gasteiger partial charge in [-0.15, -0.1) is 0 Å². The largest absolute Gasteiger partial charge is 0.481 e. The van der Waals surface area contributed by atoms with Gasteiger partial charge in [-0.2, -0.15) is 0 Å². The van der Waals surface area contributed by atoms with Crippen LogP contribution in [0.1, 0.15) is 34.5 Å². The molecular formula is C21H23N5O4. The lowest BCUT2D eigenvalue weighted by atomic mass is 9.99. The smallest absolute Gasteiger partial charge is 0.323 e. The second kappa shape index (κ2) is 8.48. The number of nitrogens with one attached hydrogen (secondary N) is 2. The molecule has 1 saturated heterocycles. The number of piperidine rings is 1. The van der Waals surface area contributed by atoms with Gasteiger partial charge in [0, 0.05) is 31.5 Å². The minimum atomic E-state index is -0.912. The van der Waals surface area contributed by atoms with Crippen LogP contribution in [0.15, 0.2) is 36.7 Å². The van der Waals surface area contributed by atoms with Gasteiger partial charge >= 0.3 is 12.0 Å². The van der Waals surface area contributed by atoms with Gasteiger partial charge in [-0.1, -0.05) is 24.3 Å². The molecule has 0 spiro atoms. The summed E-state index contributed by atoms with van der Waals surface area (Å²) in [6.07, 6.45) is 5.44. The minimum Gasteiger partial charge on any atom is -0.481 e. The Balaban J connectivity index is 1.42. The number of carbonyl (C=O) groups excluding carboxylic acids is 2. The Kier molecular flexibility index (Phi) is 5.60. The number of carboxylic acid groups (broad SMARTS) is 1. The summed E-state index contributed by atoms with van der Waals surface area (Å²) in [6, 6.07) is 7.54. The second-order valence-electron chi connectivity index (χ2n) is 7.65. The number of carboxylic acids is 1. The first kappa shape index (κ1) is 19.8. The molecule has 0 saturated carbocycles. The van der Waals surface area contributed by atoms with Gasteiger partial charge < -0.3 is 15.3 Å². The van der Waals surface area contributed by atoms with Gasteiger partial charge in [0.25, 0.3) is 5.91 Å². The average molecular weight is 409 g/mol. The molecule has 3 N–H and O–H groups in total. The monoisotopic (exact) mass is 409 g/mol. The third-order valence-corrected chi connectivity index (χ3v) is 5.58. The fourth-order valence-corrected chi connectivity index (χ4v) is 4.05. The van der Waals surface area contributed by atoms with Crippen LogP contribution in [-0.4, -0.2) is 57.0 Å². The number of carbonyl (C=O) groups is 3. The third-order valence-electron chi connectivity index (χ3n) is 5.58. The number of aliphatic carboxylic acids is 1. The van der Waals surface area contributed by atoms with E-state index in [0.717, 1.165) is 12.8 Å². The maximum atomic E-state index is 12.8. The van der Waals surface area contributed by atoms with E-state index >= 15 is 0 Å². The molecule has 9 heteroatoms. The fourth-order valence-electron chi connectivity index (χ4n) is 4.05. The van der Waals surface area contributed by atoms with Crippen molar-refractivity contribution in [2.75, 3.05) is 18.4 Å². The van der Waals surface area contributed by atoms with Gasteiger partial charge in [0.05, 0.1) is 5.92 Å². The molecule has 2 aromatic rings. The third kappa shape index (κ3) is 4.24. The Morgan fingerprint density at radius 3 is 2.47 bits per heavy atom. The van der Waals surface area contributed by atoms with Gasteiger partial charge in [-0.3, -0.25) is 14.9 Å². The fraction of sp³-hybridized carbons (Fsp3) is 0.381. The first-order valence-corrected chi connectivity index (χ1v) is 9.98. The van der Waals surface area contributed by atoms with Crippen molar-refractivity contribution in [1.29, 1.82) is 0 Å². The molecule has 1 atom stereocenters. The van der Waals surface area contributed by atoms with Gasteiger partial charge in [-0.05, 0) is 36.8 Å². The summed E-state index contributed by atoms with van der Waals surface area (Å²) in [6.45, 7) is 0.584. The predicted octanol–water partition coefficient (Wildman–Crippen LogP) is 1.70. The number of aromatic nitrogens is 2. The molecule has 1 fully saturated rings. The number of hydrogen-bond acceptors (Lipinski definition) is 5. The maximum Gasteiger partial charge on any atom is 0.323 e. The normalized spacial score (nSPS) is 18.5. The topological polar surface area (TPSA) is 125 Å². The van der Waals surface area contributed by atoms with Gasteiger partial charge in [0.1, 0.15) is 0 Å². The number of likely N-dealkylation sites (tertiary alicyclic amines) is 1. The zero-order chi connectivity index (χ0) is 21.1. The number of benzene rings is 1. The molecule has 3 amide bonds. The number of nitrogens with zero attached hydrogens (tertiary/aromatic N) is 3. The Labute approximate surface area is 173 Å². The molecule has 0 bridgehead atoms. The van der Waals surface area contributed by atoms with Crippen LogP contribution < -0.4 is 10.6 Å². The molecule has 0 radical (unpaired) electrons.